The van der Waals surface area contributed by atoms with Crippen molar-refractivity contribution in [1.82, 2.24) is 0 Å². The summed E-state index contributed by atoms with van der Waals surface area (Å²) in [6.07, 6.45) is 0. The first-order chi connectivity index (χ1) is 20.6. The van der Waals surface area contributed by atoms with Crippen LogP contribution in [0, 0.1) is 10.1 Å². The largest absolute Gasteiger partial charge is 0.445 e. The summed E-state index contributed by atoms with van der Waals surface area (Å²) < 4.78 is 22.8. The first kappa shape index (κ1) is 25.2. The lowest BCUT2D eigenvalue weighted by molar-refractivity contribution is -0.400. The minimum Gasteiger partial charge on any atom is -0.400 e. The van der Waals surface area contributed by atoms with Crippen LogP contribution in [0.3, 0.4) is 0 Å². The minimum atomic E-state index is -3.70. The summed E-state index contributed by atoms with van der Waals surface area (Å²) in [4.78, 5) is 12.1. The number of nitro groups is 1. The van der Waals surface area contributed by atoms with Crippen molar-refractivity contribution in [3.05, 3.63) is 130 Å². The Morgan fingerprint density at radius 3 is 2.05 bits per heavy atom. The molecule has 5 aromatic carbocycles. The highest BCUT2D eigenvalue weighted by atomic mass is 32.1. The molecule has 0 unspecified atom stereocenters. The Bertz CT molecular complexity index is 2320. The molecule has 0 aliphatic heterocycles. The maximum atomic E-state index is 15.6. The molecular formula is C34H20NO4PS2. The standard InChI is InChI=1S/C34H20NO4PS2/c36-35(37)34-33(40(38,28-12-6-18-41-28)29-13-7-19-42-29)32-27(39-34)17-16-25-26(21-8-2-1-3-9-21)20-23-15-14-22-10-4-5-11-24(22)30(23)31(25)32/h1-20H. The predicted molar refractivity (Wildman–Crippen MR) is 176 cm³/mol. The fraction of sp³-hybridized carbons (Fsp3) is 0. The number of benzene rings is 5. The molecule has 8 aromatic rings. The van der Waals surface area contributed by atoms with Crippen molar-refractivity contribution in [3.8, 4) is 11.1 Å². The Balaban J connectivity index is 1.68. The number of thiophene rings is 2. The summed E-state index contributed by atoms with van der Waals surface area (Å²) in [5, 5.41) is 22.8. The molecule has 8 rings (SSSR count). The molecule has 42 heavy (non-hydrogen) atoms. The Morgan fingerprint density at radius 1 is 0.667 bits per heavy atom. The van der Waals surface area contributed by atoms with Crippen molar-refractivity contribution in [2.45, 2.75) is 0 Å². The van der Waals surface area contributed by atoms with E-state index in [9.17, 15) is 10.1 Å². The Hall–Kier alpha value is -4.55. The van der Waals surface area contributed by atoms with Crippen LogP contribution in [-0.4, -0.2) is 4.92 Å². The molecule has 0 N–H and O–H groups in total. The Morgan fingerprint density at radius 2 is 1.36 bits per heavy atom. The number of rotatable bonds is 5. The molecule has 0 bridgehead atoms. The van der Waals surface area contributed by atoms with Gasteiger partial charge in [-0.05, 0) is 79.1 Å². The van der Waals surface area contributed by atoms with Crippen LogP contribution in [0.2, 0.25) is 0 Å². The minimum absolute atomic E-state index is 0.150. The van der Waals surface area contributed by atoms with Gasteiger partial charge in [0.15, 0.2) is 5.30 Å². The van der Waals surface area contributed by atoms with Gasteiger partial charge in [0.2, 0.25) is 7.14 Å². The van der Waals surface area contributed by atoms with Gasteiger partial charge in [-0.3, -0.25) is 10.1 Å². The SMILES string of the molecule is O=[N+]([O-])c1oc2ccc3c(-c4ccccc4)cc4ccc5ccccc5c4c3c2c1P(=O)(c1cccs1)c1cccs1. The monoisotopic (exact) mass is 601 g/mol. The average molecular weight is 602 g/mol. The third-order valence-electron chi connectivity index (χ3n) is 7.81. The first-order valence-corrected chi connectivity index (χ1v) is 16.7. The number of hydrogen-bond acceptors (Lipinski definition) is 6. The van der Waals surface area contributed by atoms with Gasteiger partial charge in [0.05, 0.1) is 9.24 Å². The number of furan rings is 1. The second-order valence-electron chi connectivity index (χ2n) is 10.1. The molecule has 0 radical (unpaired) electrons. The van der Waals surface area contributed by atoms with Crippen LogP contribution in [0.1, 0.15) is 0 Å². The van der Waals surface area contributed by atoms with E-state index in [2.05, 4.69) is 42.5 Å². The summed E-state index contributed by atoms with van der Waals surface area (Å²) in [7, 11) is -3.70. The van der Waals surface area contributed by atoms with Crippen LogP contribution < -0.4 is 14.5 Å². The van der Waals surface area contributed by atoms with Crippen LogP contribution in [0.4, 0.5) is 5.88 Å². The molecule has 0 spiro atoms. The number of fused-ring (bicyclic) bond motifs is 7. The van der Waals surface area contributed by atoms with E-state index in [0.29, 0.717) is 20.2 Å². The summed E-state index contributed by atoms with van der Waals surface area (Å²) in [5.41, 5.74) is 2.36. The molecule has 0 saturated carbocycles. The van der Waals surface area contributed by atoms with E-state index in [1.807, 2.05) is 71.4 Å². The molecule has 8 heteroatoms. The number of nitrogens with zero attached hydrogens (tertiary/aromatic N) is 1. The molecule has 3 aromatic heterocycles. The van der Waals surface area contributed by atoms with Crippen LogP contribution in [0.15, 0.2) is 124 Å². The maximum absolute atomic E-state index is 15.6. The Kier molecular flexibility index (Phi) is 5.69. The molecule has 0 aliphatic carbocycles. The quantitative estimate of drug-likeness (QED) is 0.0853. The maximum Gasteiger partial charge on any atom is 0.445 e. The zero-order valence-electron chi connectivity index (χ0n) is 21.9. The zero-order chi connectivity index (χ0) is 28.4. The fourth-order valence-corrected chi connectivity index (χ4v) is 12.0. The molecule has 0 atom stereocenters. The van der Waals surface area contributed by atoms with Crippen LogP contribution >= 0.6 is 29.8 Å². The zero-order valence-corrected chi connectivity index (χ0v) is 24.4. The van der Waals surface area contributed by atoms with E-state index >= 15 is 4.57 Å². The summed E-state index contributed by atoms with van der Waals surface area (Å²) in [6.45, 7) is 0. The third-order valence-corrected chi connectivity index (χ3v) is 13.9. The summed E-state index contributed by atoms with van der Waals surface area (Å²) in [6, 6.07) is 35.6. The van der Waals surface area contributed by atoms with Gasteiger partial charge in [0, 0.05) is 10.8 Å². The van der Waals surface area contributed by atoms with Crippen molar-refractivity contribution in [2.24, 2.45) is 0 Å². The van der Waals surface area contributed by atoms with Crippen LogP contribution in [0.25, 0.3) is 54.4 Å². The average Bonchev–Trinajstić information content (AvgIpc) is 3.82. The Labute approximate surface area is 247 Å². The van der Waals surface area contributed by atoms with Gasteiger partial charge in [-0.1, -0.05) is 78.9 Å². The second-order valence-corrected chi connectivity index (χ2v) is 15.2. The molecule has 0 fully saturated rings. The normalized spacial score (nSPS) is 12.1. The smallest absolute Gasteiger partial charge is 0.400 e. The predicted octanol–water partition coefficient (Wildman–Crippen LogP) is 9.23. The molecule has 0 amide bonds. The van der Waals surface area contributed by atoms with E-state index in [-0.39, 0.29) is 5.30 Å². The summed E-state index contributed by atoms with van der Waals surface area (Å²) >= 11 is 2.69. The lowest BCUT2D eigenvalue weighted by Gasteiger charge is -2.17. The van der Waals surface area contributed by atoms with E-state index in [0.717, 1.165) is 43.4 Å². The lowest BCUT2D eigenvalue weighted by Crippen LogP contribution is -2.23. The molecule has 3 heterocycles. The van der Waals surface area contributed by atoms with Gasteiger partial charge in [-0.2, -0.15) is 0 Å². The van der Waals surface area contributed by atoms with Gasteiger partial charge < -0.3 is 8.98 Å². The topological polar surface area (TPSA) is 73.3 Å². The van der Waals surface area contributed by atoms with Gasteiger partial charge in [0.25, 0.3) is 0 Å². The van der Waals surface area contributed by atoms with E-state index in [4.69, 9.17) is 4.42 Å². The van der Waals surface area contributed by atoms with Gasteiger partial charge >= 0.3 is 5.88 Å². The van der Waals surface area contributed by atoms with Crippen LogP contribution in [-0.2, 0) is 4.57 Å². The molecule has 0 saturated heterocycles. The van der Waals surface area contributed by atoms with Crippen molar-refractivity contribution < 1.29 is 13.9 Å². The van der Waals surface area contributed by atoms with E-state index in [1.54, 1.807) is 6.07 Å². The van der Waals surface area contributed by atoms with E-state index < -0.39 is 17.9 Å². The highest BCUT2D eigenvalue weighted by Crippen LogP contribution is 2.53. The molecule has 0 aliphatic rings. The first-order valence-electron chi connectivity index (χ1n) is 13.3. The fourth-order valence-electron chi connectivity index (χ4n) is 6.07. The highest BCUT2D eigenvalue weighted by Gasteiger charge is 2.43. The van der Waals surface area contributed by atoms with Crippen molar-refractivity contribution in [2.75, 3.05) is 0 Å². The lowest BCUT2D eigenvalue weighted by atomic mass is 9.89. The molecule has 5 nitrogen and oxygen atoms in total. The summed E-state index contributed by atoms with van der Waals surface area (Å²) in [5.74, 6) is -0.471. The van der Waals surface area contributed by atoms with Gasteiger partial charge in [-0.25, -0.2) is 0 Å². The van der Waals surface area contributed by atoms with Gasteiger partial charge in [0.1, 0.15) is 10.5 Å². The van der Waals surface area contributed by atoms with Crippen molar-refractivity contribution in [3.63, 3.8) is 0 Å². The molecule has 202 valence electrons. The van der Waals surface area contributed by atoms with Gasteiger partial charge in [-0.15, -0.1) is 22.7 Å². The van der Waals surface area contributed by atoms with Crippen molar-refractivity contribution in [1.29, 1.82) is 0 Å². The van der Waals surface area contributed by atoms with E-state index in [1.165, 1.54) is 22.7 Å². The van der Waals surface area contributed by atoms with Crippen LogP contribution in [0.5, 0.6) is 0 Å². The number of hydrogen-bond donors (Lipinski definition) is 0. The second kappa shape index (κ2) is 9.50. The molecular weight excluding hydrogens is 581 g/mol. The highest BCUT2D eigenvalue weighted by molar-refractivity contribution is 7.92. The third kappa shape index (κ3) is 3.58. The van der Waals surface area contributed by atoms with Crippen molar-refractivity contribution >= 4 is 93.5 Å².